The summed E-state index contributed by atoms with van der Waals surface area (Å²) in [6.07, 6.45) is 1.59. The van der Waals surface area contributed by atoms with E-state index in [-0.39, 0.29) is 7.43 Å². The molecule has 0 bridgehead atoms. The van der Waals surface area contributed by atoms with Crippen molar-refractivity contribution in [3.05, 3.63) is 36.7 Å². The van der Waals surface area contributed by atoms with E-state index in [2.05, 4.69) is 33.7 Å². The summed E-state index contributed by atoms with van der Waals surface area (Å²) in [5.74, 6) is 0.933. The fraction of sp³-hybridized carbons (Fsp3) is 0.294. The maximum Gasteiger partial charge on any atom is 0.155 e. The zero-order valence-electron chi connectivity index (χ0n) is 12.5. The van der Waals surface area contributed by atoms with Crippen LogP contribution in [-0.4, -0.2) is 40.2 Å². The van der Waals surface area contributed by atoms with Gasteiger partial charge in [-0.1, -0.05) is 32.4 Å². The second-order valence-corrected chi connectivity index (χ2v) is 5.90. The number of benzene rings is 1. The van der Waals surface area contributed by atoms with Gasteiger partial charge in [-0.3, -0.25) is 3.97 Å². The highest BCUT2D eigenvalue weighted by Crippen LogP contribution is 2.33. The fourth-order valence-electron chi connectivity index (χ4n) is 2.87. The maximum atomic E-state index is 5.77. The summed E-state index contributed by atoms with van der Waals surface area (Å²) in [5, 5.41) is 0.997. The molecule has 4 rings (SSSR count). The van der Waals surface area contributed by atoms with E-state index in [0.29, 0.717) is 0 Å². The molecular weight excluding hydrogens is 322 g/mol. The third kappa shape index (κ3) is 2.81. The Bertz CT molecular complexity index is 840. The van der Waals surface area contributed by atoms with Gasteiger partial charge >= 0.3 is 0 Å². The Hall–Kier alpha value is -2.25. The molecule has 1 aliphatic rings. The maximum absolute atomic E-state index is 5.77. The van der Waals surface area contributed by atoms with Crippen molar-refractivity contribution in [2.45, 2.75) is 7.43 Å². The van der Waals surface area contributed by atoms with Crippen LogP contribution < -0.4 is 10.6 Å². The van der Waals surface area contributed by atoms with E-state index in [0.717, 1.165) is 60.1 Å². The zero-order chi connectivity index (χ0) is 15.8. The van der Waals surface area contributed by atoms with Crippen molar-refractivity contribution in [3.8, 4) is 11.3 Å². The van der Waals surface area contributed by atoms with Crippen molar-refractivity contribution in [2.75, 3.05) is 36.9 Å². The molecule has 3 heterocycles. The molecule has 2 N–H and O–H groups in total. The van der Waals surface area contributed by atoms with E-state index in [1.165, 1.54) is 0 Å². The molecule has 2 aromatic heterocycles. The van der Waals surface area contributed by atoms with Gasteiger partial charge in [0.15, 0.2) is 5.65 Å². The summed E-state index contributed by atoms with van der Waals surface area (Å²) in [6, 6.07) is 9.82. The molecule has 0 radical (unpaired) electrons. The quantitative estimate of drug-likeness (QED) is 0.553. The molecule has 0 aliphatic carbocycles. The van der Waals surface area contributed by atoms with Crippen LogP contribution in [0.3, 0.4) is 0 Å². The minimum Gasteiger partial charge on any atom is -0.399 e. The molecule has 7 heteroatoms. The Morgan fingerprint density at radius 1 is 1.08 bits per heavy atom. The van der Waals surface area contributed by atoms with Crippen molar-refractivity contribution in [1.29, 1.82) is 0 Å². The second kappa shape index (κ2) is 6.70. The van der Waals surface area contributed by atoms with Crippen LogP contribution in [0.1, 0.15) is 7.43 Å². The van der Waals surface area contributed by atoms with Gasteiger partial charge in [-0.15, -0.1) is 0 Å². The lowest BCUT2D eigenvalue weighted by atomic mass is 10.1. The Balaban J connectivity index is 0.00000169. The Labute approximate surface area is 146 Å². The van der Waals surface area contributed by atoms with Gasteiger partial charge in [0.05, 0.1) is 24.3 Å². The highest BCUT2D eigenvalue weighted by Gasteiger charge is 2.19. The SMILES string of the molecule is C.Nc1ccc(-c2cc3c(N4CCOCC4)ncnc3n2S)cc1. The van der Waals surface area contributed by atoms with Gasteiger partial charge in [0.2, 0.25) is 0 Å². The van der Waals surface area contributed by atoms with Crippen LogP contribution in [0.4, 0.5) is 11.5 Å². The van der Waals surface area contributed by atoms with Gasteiger partial charge < -0.3 is 15.4 Å². The molecule has 1 fully saturated rings. The average Bonchev–Trinajstić information content (AvgIpc) is 2.93. The van der Waals surface area contributed by atoms with Gasteiger partial charge in [0.1, 0.15) is 12.1 Å². The number of thiol groups is 1. The van der Waals surface area contributed by atoms with Crippen LogP contribution in [-0.2, 0) is 4.74 Å². The third-order valence-electron chi connectivity index (χ3n) is 4.07. The molecule has 1 saturated heterocycles. The molecule has 1 aliphatic heterocycles. The number of hydrogen-bond donors (Lipinski definition) is 2. The predicted octanol–water partition coefficient (Wildman–Crippen LogP) is 2.85. The van der Waals surface area contributed by atoms with Gasteiger partial charge in [0.25, 0.3) is 0 Å². The summed E-state index contributed by atoms with van der Waals surface area (Å²) in [5.41, 5.74) is 9.33. The molecule has 24 heavy (non-hydrogen) atoms. The standard InChI is InChI=1S/C16H17N5OS.CH4/c17-12-3-1-11(2-4-12)14-9-13-15(20-5-7-22-8-6-20)18-10-19-16(13)21(14)23;/h1-4,9-10,23H,5-8,17H2;1H4. The number of fused-ring (bicyclic) bond motifs is 1. The first-order chi connectivity index (χ1) is 11.2. The molecule has 0 spiro atoms. The monoisotopic (exact) mass is 343 g/mol. The van der Waals surface area contributed by atoms with Crippen molar-refractivity contribution >= 4 is 35.4 Å². The Kier molecular flexibility index (Phi) is 4.64. The van der Waals surface area contributed by atoms with Gasteiger partial charge in [-0.2, -0.15) is 0 Å². The van der Waals surface area contributed by atoms with Crippen molar-refractivity contribution in [2.24, 2.45) is 0 Å². The number of anilines is 2. The van der Waals surface area contributed by atoms with Crippen molar-refractivity contribution < 1.29 is 4.74 Å². The first kappa shape index (κ1) is 16.6. The lowest BCUT2D eigenvalue weighted by Crippen LogP contribution is -2.36. The van der Waals surface area contributed by atoms with Gasteiger partial charge in [0, 0.05) is 18.8 Å². The number of nitrogen functional groups attached to an aromatic ring is 1. The molecule has 0 amide bonds. The van der Waals surface area contributed by atoms with Crippen LogP contribution >= 0.6 is 12.8 Å². The van der Waals surface area contributed by atoms with Gasteiger partial charge in [-0.25, -0.2) is 9.97 Å². The molecule has 0 saturated carbocycles. The lowest BCUT2D eigenvalue weighted by molar-refractivity contribution is 0.122. The zero-order valence-corrected chi connectivity index (χ0v) is 13.4. The number of nitrogens with two attached hydrogens (primary N) is 1. The Morgan fingerprint density at radius 3 is 2.50 bits per heavy atom. The predicted molar refractivity (Wildman–Crippen MR) is 102 cm³/mol. The number of rotatable bonds is 2. The smallest absolute Gasteiger partial charge is 0.155 e. The number of nitrogens with zero attached hydrogens (tertiary/aromatic N) is 4. The van der Waals surface area contributed by atoms with Gasteiger partial charge in [-0.05, 0) is 23.8 Å². The summed E-state index contributed by atoms with van der Waals surface area (Å²) in [4.78, 5) is 11.1. The van der Waals surface area contributed by atoms with Crippen molar-refractivity contribution in [3.63, 3.8) is 0 Å². The molecule has 1 aromatic carbocycles. The van der Waals surface area contributed by atoms with Crippen LogP contribution in [0.2, 0.25) is 0 Å². The van der Waals surface area contributed by atoms with Crippen LogP contribution in [0.25, 0.3) is 22.3 Å². The first-order valence-electron chi connectivity index (χ1n) is 7.48. The second-order valence-electron chi connectivity index (χ2n) is 5.50. The summed E-state index contributed by atoms with van der Waals surface area (Å²) < 4.78 is 7.22. The lowest BCUT2D eigenvalue weighted by Gasteiger charge is -2.28. The normalized spacial score (nSPS) is 14.6. The molecule has 3 aromatic rings. The highest BCUT2D eigenvalue weighted by molar-refractivity contribution is 7.78. The van der Waals surface area contributed by atoms with Crippen molar-refractivity contribution in [1.82, 2.24) is 13.9 Å². The highest BCUT2D eigenvalue weighted by atomic mass is 32.1. The topological polar surface area (TPSA) is 69.2 Å². The molecule has 126 valence electrons. The van der Waals surface area contributed by atoms with Crippen LogP contribution in [0, 0.1) is 0 Å². The third-order valence-corrected chi connectivity index (χ3v) is 4.47. The minimum atomic E-state index is 0. The number of morpholine rings is 1. The van der Waals surface area contributed by atoms with E-state index in [1.807, 2.05) is 24.3 Å². The number of ether oxygens (including phenoxy) is 1. The first-order valence-corrected chi connectivity index (χ1v) is 7.88. The molecule has 6 nitrogen and oxygen atoms in total. The van der Waals surface area contributed by atoms with E-state index < -0.39 is 0 Å². The number of hydrogen-bond acceptors (Lipinski definition) is 6. The summed E-state index contributed by atoms with van der Waals surface area (Å²) in [7, 11) is 0. The number of aromatic nitrogens is 3. The van der Waals surface area contributed by atoms with E-state index in [1.54, 1.807) is 10.3 Å². The minimum absolute atomic E-state index is 0. The molecular formula is C17H21N5OS. The van der Waals surface area contributed by atoms with E-state index in [9.17, 15) is 0 Å². The van der Waals surface area contributed by atoms with Crippen LogP contribution in [0.15, 0.2) is 36.7 Å². The van der Waals surface area contributed by atoms with E-state index in [4.69, 9.17) is 10.5 Å². The summed E-state index contributed by atoms with van der Waals surface area (Å²) in [6.45, 7) is 3.11. The largest absolute Gasteiger partial charge is 0.399 e. The van der Waals surface area contributed by atoms with E-state index >= 15 is 0 Å². The average molecular weight is 343 g/mol. The Morgan fingerprint density at radius 2 is 1.79 bits per heavy atom. The fourth-order valence-corrected chi connectivity index (χ4v) is 3.21. The molecule has 0 atom stereocenters. The van der Waals surface area contributed by atoms with Crippen LogP contribution in [0.5, 0.6) is 0 Å². The summed E-state index contributed by atoms with van der Waals surface area (Å²) >= 11 is 4.62. The molecule has 0 unspecified atom stereocenters.